The Morgan fingerprint density at radius 1 is 1.57 bits per heavy atom. The van der Waals surface area contributed by atoms with E-state index in [0.29, 0.717) is 4.47 Å². The van der Waals surface area contributed by atoms with Crippen molar-refractivity contribution in [1.82, 2.24) is 0 Å². The Kier molecular flexibility index (Phi) is 3.23. The van der Waals surface area contributed by atoms with Crippen molar-refractivity contribution in [3.8, 4) is 6.07 Å². The Bertz CT molecular complexity index is 423. The first kappa shape index (κ1) is 10.7. The van der Waals surface area contributed by atoms with Crippen LogP contribution in [-0.4, -0.2) is 16.2 Å². The summed E-state index contributed by atoms with van der Waals surface area (Å²) in [6, 6.07) is 4.79. The van der Waals surface area contributed by atoms with Gasteiger partial charge in [-0.25, -0.2) is 4.79 Å². The number of rotatable bonds is 2. The van der Waals surface area contributed by atoms with Crippen LogP contribution in [0.25, 0.3) is 0 Å². The van der Waals surface area contributed by atoms with Crippen LogP contribution in [0.15, 0.2) is 16.6 Å². The first-order valence-electron chi connectivity index (χ1n) is 3.67. The third-order valence-corrected chi connectivity index (χ3v) is 2.40. The molecule has 0 unspecified atom stereocenters. The molecule has 1 aromatic rings. The standard InChI is InChI=1S/C9H6BrNO3/c10-7-2-1-5(4-12)8(9(13)14)6(7)3-11/h1-2,12H,4H2,(H,13,14). The van der Waals surface area contributed by atoms with E-state index >= 15 is 0 Å². The number of carboxylic acids is 1. The molecule has 0 radical (unpaired) electrons. The van der Waals surface area contributed by atoms with Gasteiger partial charge in [0.25, 0.3) is 0 Å². The summed E-state index contributed by atoms with van der Waals surface area (Å²) in [5, 5.41) is 26.5. The van der Waals surface area contributed by atoms with Crippen LogP contribution in [0.1, 0.15) is 21.5 Å². The van der Waals surface area contributed by atoms with Crippen molar-refractivity contribution >= 4 is 21.9 Å². The predicted molar refractivity (Wildman–Crippen MR) is 51.7 cm³/mol. The van der Waals surface area contributed by atoms with Crippen LogP contribution in [0.3, 0.4) is 0 Å². The van der Waals surface area contributed by atoms with Gasteiger partial charge in [-0.05, 0) is 27.6 Å². The Balaban J connectivity index is 3.54. The van der Waals surface area contributed by atoms with E-state index in [1.807, 2.05) is 0 Å². The summed E-state index contributed by atoms with van der Waals surface area (Å²) in [4.78, 5) is 10.8. The zero-order valence-electron chi connectivity index (χ0n) is 6.99. The maximum atomic E-state index is 10.8. The molecule has 1 rings (SSSR count). The van der Waals surface area contributed by atoms with Gasteiger partial charge in [0.05, 0.1) is 17.7 Å². The smallest absolute Gasteiger partial charge is 0.337 e. The second-order valence-corrected chi connectivity index (χ2v) is 3.39. The quantitative estimate of drug-likeness (QED) is 0.840. The van der Waals surface area contributed by atoms with Gasteiger partial charge in [0.2, 0.25) is 0 Å². The summed E-state index contributed by atoms with van der Waals surface area (Å²) in [5.41, 5.74) is 0.116. The first-order chi connectivity index (χ1) is 6.61. The van der Waals surface area contributed by atoms with Crippen LogP contribution < -0.4 is 0 Å². The number of carboxylic acid groups (broad SMARTS) is 1. The number of aliphatic hydroxyl groups excluding tert-OH is 1. The summed E-state index contributed by atoms with van der Waals surface area (Å²) in [5.74, 6) is -1.22. The van der Waals surface area contributed by atoms with Crippen LogP contribution in [0.4, 0.5) is 0 Å². The van der Waals surface area contributed by atoms with Gasteiger partial charge in [0, 0.05) is 4.47 Å². The molecule has 0 fully saturated rings. The number of nitrogens with zero attached hydrogens (tertiary/aromatic N) is 1. The normalized spacial score (nSPS) is 9.50. The topological polar surface area (TPSA) is 81.3 Å². The van der Waals surface area contributed by atoms with Crippen molar-refractivity contribution in [2.75, 3.05) is 0 Å². The zero-order chi connectivity index (χ0) is 10.7. The fourth-order valence-corrected chi connectivity index (χ4v) is 1.52. The van der Waals surface area contributed by atoms with Gasteiger partial charge in [-0.2, -0.15) is 5.26 Å². The Morgan fingerprint density at radius 2 is 2.21 bits per heavy atom. The highest BCUT2D eigenvalue weighted by Gasteiger charge is 2.17. The number of aromatic carboxylic acids is 1. The highest BCUT2D eigenvalue weighted by Crippen LogP contribution is 2.23. The van der Waals surface area contributed by atoms with Crippen molar-refractivity contribution < 1.29 is 15.0 Å². The van der Waals surface area contributed by atoms with Crippen molar-refractivity contribution in [2.45, 2.75) is 6.61 Å². The number of aliphatic hydroxyl groups is 1. The minimum Gasteiger partial charge on any atom is -0.478 e. The maximum absolute atomic E-state index is 10.8. The van der Waals surface area contributed by atoms with E-state index in [-0.39, 0.29) is 16.7 Å². The third-order valence-electron chi connectivity index (χ3n) is 1.74. The van der Waals surface area contributed by atoms with E-state index in [9.17, 15) is 4.79 Å². The lowest BCUT2D eigenvalue weighted by Gasteiger charge is -2.05. The summed E-state index contributed by atoms with van der Waals surface area (Å²) < 4.78 is 0.412. The molecule has 14 heavy (non-hydrogen) atoms. The van der Waals surface area contributed by atoms with Gasteiger partial charge in [0.15, 0.2) is 0 Å². The highest BCUT2D eigenvalue weighted by molar-refractivity contribution is 9.10. The van der Waals surface area contributed by atoms with Gasteiger partial charge < -0.3 is 10.2 Å². The average molecular weight is 256 g/mol. The summed E-state index contributed by atoms with van der Waals surface area (Å²) >= 11 is 3.07. The molecule has 0 aliphatic rings. The van der Waals surface area contributed by atoms with Crippen LogP contribution in [0.5, 0.6) is 0 Å². The maximum Gasteiger partial charge on any atom is 0.337 e. The molecule has 72 valence electrons. The van der Waals surface area contributed by atoms with Crippen molar-refractivity contribution in [2.24, 2.45) is 0 Å². The molecular formula is C9H6BrNO3. The minimum atomic E-state index is -1.22. The Labute approximate surface area is 88.5 Å². The second kappa shape index (κ2) is 4.22. The molecule has 0 aromatic heterocycles. The van der Waals surface area contributed by atoms with E-state index in [4.69, 9.17) is 15.5 Å². The van der Waals surface area contributed by atoms with Gasteiger partial charge in [-0.15, -0.1) is 0 Å². The fraction of sp³-hybridized carbons (Fsp3) is 0.111. The van der Waals surface area contributed by atoms with Crippen LogP contribution in [-0.2, 0) is 6.61 Å². The summed E-state index contributed by atoms with van der Waals surface area (Å²) in [6.07, 6.45) is 0. The van der Waals surface area contributed by atoms with E-state index in [1.165, 1.54) is 12.1 Å². The van der Waals surface area contributed by atoms with Crippen LogP contribution >= 0.6 is 15.9 Å². The molecule has 0 atom stereocenters. The fourth-order valence-electron chi connectivity index (χ4n) is 1.11. The molecule has 0 saturated carbocycles. The molecule has 0 heterocycles. The Hall–Kier alpha value is -1.38. The molecular weight excluding hydrogens is 250 g/mol. The van der Waals surface area contributed by atoms with Crippen LogP contribution in [0, 0.1) is 11.3 Å². The number of halogens is 1. The molecule has 0 spiro atoms. The second-order valence-electron chi connectivity index (χ2n) is 2.53. The highest BCUT2D eigenvalue weighted by atomic mass is 79.9. The molecule has 0 saturated heterocycles. The molecule has 0 bridgehead atoms. The van der Waals surface area contributed by atoms with Gasteiger partial charge >= 0.3 is 5.97 Å². The first-order valence-corrected chi connectivity index (χ1v) is 4.46. The molecule has 4 nitrogen and oxygen atoms in total. The van der Waals surface area contributed by atoms with Gasteiger partial charge in [0.1, 0.15) is 6.07 Å². The average Bonchev–Trinajstić information content (AvgIpc) is 2.17. The van der Waals surface area contributed by atoms with Gasteiger partial charge in [-0.1, -0.05) is 6.07 Å². The van der Waals surface area contributed by atoms with Crippen LogP contribution in [0.2, 0.25) is 0 Å². The van der Waals surface area contributed by atoms with Crippen molar-refractivity contribution in [3.05, 3.63) is 33.3 Å². The van der Waals surface area contributed by atoms with E-state index in [1.54, 1.807) is 6.07 Å². The zero-order valence-corrected chi connectivity index (χ0v) is 8.58. The lowest BCUT2D eigenvalue weighted by molar-refractivity contribution is 0.0693. The van der Waals surface area contributed by atoms with Crippen molar-refractivity contribution in [1.29, 1.82) is 5.26 Å². The number of hydrogen-bond acceptors (Lipinski definition) is 3. The largest absolute Gasteiger partial charge is 0.478 e. The van der Waals surface area contributed by atoms with Gasteiger partial charge in [-0.3, -0.25) is 0 Å². The lowest BCUT2D eigenvalue weighted by atomic mass is 10.0. The number of nitriles is 1. The third kappa shape index (κ3) is 1.76. The summed E-state index contributed by atoms with van der Waals surface area (Å²) in [7, 11) is 0. The molecule has 1 aromatic carbocycles. The molecule has 0 aliphatic carbocycles. The predicted octanol–water partition coefficient (Wildman–Crippen LogP) is 1.51. The monoisotopic (exact) mass is 255 g/mol. The minimum absolute atomic E-state index is 0.0315. The van der Waals surface area contributed by atoms with E-state index < -0.39 is 12.6 Å². The summed E-state index contributed by atoms with van der Waals surface area (Å²) in [6.45, 7) is -0.399. The molecule has 0 aliphatic heterocycles. The van der Waals surface area contributed by atoms with E-state index in [2.05, 4.69) is 15.9 Å². The molecule has 0 amide bonds. The Morgan fingerprint density at radius 3 is 2.64 bits per heavy atom. The molecule has 5 heteroatoms. The lowest BCUT2D eigenvalue weighted by Crippen LogP contribution is -2.06. The van der Waals surface area contributed by atoms with E-state index in [0.717, 1.165) is 0 Å². The molecule has 2 N–H and O–H groups in total. The van der Waals surface area contributed by atoms with Crippen molar-refractivity contribution in [3.63, 3.8) is 0 Å². The number of carbonyl (C=O) groups is 1. The number of benzene rings is 1. The number of hydrogen-bond donors (Lipinski definition) is 2. The SMILES string of the molecule is N#Cc1c(Br)ccc(CO)c1C(=O)O.